The molecule has 1 N–H and O–H groups in total. The van der Waals surface area contributed by atoms with E-state index in [9.17, 15) is 19.2 Å². The number of hydrogen-bond donors (Lipinski definition) is 1. The second kappa shape index (κ2) is 10.7. The molecule has 0 saturated heterocycles. The van der Waals surface area contributed by atoms with E-state index in [4.69, 9.17) is 9.47 Å². The first kappa shape index (κ1) is 32.2. The molecule has 5 rings (SSSR count). The number of nitrogens with one attached hydrogen (secondary N) is 1. The summed E-state index contributed by atoms with van der Waals surface area (Å²) in [7, 11) is 2.55. The number of ether oxygens (including phenoxy) is 2. The van der Waals surface area contributed by atoms with Crippen LogP contribution in [0.15, 0.2) is 12.2 Å². The zero-order valence-electron chi connectivity index (χ0n) is 27.9. The van der Waals surface area contributed by atoms with E-state index in [0.717, 1.165) is 63.4 Å². The van der Waals surface area contributed by atoms with Crippen LogP contribution in [0.2, 0.25) is 0 Å². The number of esters is 2. The maximum Gasteiger partial charge on any atom is 0.328 e. The lowest BCUT2D eigenvalue weighted by molar-refractivity contribution is -0.233. The fraction of sp³-hybridized carbons (Fsp3) is 0.833. The summed E-state index contributed by atoms with van der Waals surface area (Å²) in [6.07, 6.45) is 9.21. The highest BCUT2D eigenvalue weighted by Crippen LogP contribution is 2.77. The average molecular weight is 598 g/mol. The molecule has 5 saturated carbocycles. The van der Waals surface area contributed by atoms with Crippen molar-refractivity contribution in [3.05, 3.63) is 12.2 Å². The highest BCUT2D eigenvalue weighted by molar-refractivity contribution is 5.91. The average Bonchev–Trinajstić information content (AvgIpc) is 3.36. The van der Waals surface area contributed by atoms with E-state index < -0.39 is 23.4 Å². The normalized spacial score (nSPS) is 43.6. The van der Waals surface area contributed by atoms with Gasteiger partial charge in [-0.25, -0.2) is 4.79 Å². The Morgan fingerprint density at radius 2 is 1.58 bits per heavy atom. The third kappa shape index (κ3) is 4.47. The summed E-state index contributed by atoms with van der Waals surface area (Å²) in [5.41, 5.74) is 0.550. The molecule has 0 bridgehead atoms. The first-order valence-corrected chi connectivity index (χ1v) is 16.7. The predicted molar refractivity (Wildman–Crippen MR) is 165 cm³/mol. The molecule has 0 radical (unpaired) electrons. The van der Waals surface area contributed by atoms with Gasteiger partial charge in [0.05, 0.1) is 26.1 Å². The Labute approximate surface area is 258 Å². The molecule has 0 aromatic carbocycles. The van der Waals surface area contributed by atoms with Crippen LogP contribution in [0.4, 0.5) is 0 Å². The minimum Gasteiger partial charge on any atom is -0.469 e. The van der Waals surface area contributed by atoms with Crippen molar-refractivity contribution in [3.63, 3.8) is 0 Å². The monoisotopic (exact) mass is 597 g/mol. The number of allylic oxidation sites excluding steroid dienone is 1. The minimum atomic E-state index is -1.07. The summed E-state index contributed by atoms with van der Waals surface area (Å²) in [4.78, 5) is 52.3. The summed E-state index contributed by atoms with van der Waals surface area (Å²) in [6.45, 7) is 18.5. The number of hydrogen-bond acceptors (Lipinski definition) is 6. The molecule has 0 heterocycles. The highest BCUT2D eigenvalue weighted by Gasteiger charge is 2.72. The SMILES string of the molecule is C=C(C)[C@@H]1CC[C@]2(C(=O)NC(CC(=O)OC)C(=O)OC)CC[C@]3(C)C(CCC4[C@@]5(C)CCC(=O)C(C)(C)[C@@H]5CC[C@]43C)C12. The van der Waals surface area contributed by atoms with Crippen molar-refractivity contribution in [1.29, 1.82) is 0 Å². The smallest absolute Gasteiger partial charge is 0.328 e. The van der Waals surface area contributed by atoms with Crippen molar-refractivity contribution in [1.82, 2.24) is 5.32 Å². The number of Topliss-reactive ketones (excluding diaryl/α,β-unsaturated/α-hetero) is 1. The summed E-state index contributed by atoms with van der Waals surface area (Å²) in [5.74, 6) is 0.795. The van der Waals surface area contributed by atoms with Gasteiger partial charge in [-0.3, -0.25) is 14.4 Å². The Morgan fingerprint density at radius 3 is 2.21 bits per heavy atom. The number of carbonyl (C=O) groups is 4. The zero-order chi connectivity index (χ0) is 31.8. The van der Waals surface area contributed by atoms with Gasteiger partial charge in [-0.05, 0) is 111 Å². The van der Waals surface area contributed by atoms with Crippen LogP contribution in [0.3, 0.4) is 0 Å². The molecule has 10 atom stereocenters. The molecule has 7 heteroatoms. The molecule has 4 unspecified atom stereocenters. The van der Waals surface area contributed by atoms with Crippen molar-refractivity contribution >= 4 is 23.6 Å². The molecular weight excluding hydrogens is 542 g/mol. The second-order valence-corrected chi connectivity index (χ2v) is 16.3. The molecular formula is C36H55NO6. The van der Waals surface area contributed by atoms with Crippen LogP contribution in [-0.4, -0.2) is 43.9 Å². The minimum absolute atomic E-state index is 0.0513. The summed E-state index contributed by atoms with van der Waals surface area (Å²) < 4.78 is 9.78. The highest BCUT2D eigenvalue weighted by atomic mass is 16.5. The van der Waals surface area contributed by atoms with Crippen molar-refractivity contribution in [2.75, 3.05) is 14.2 Å². The number of rotatable bonds is 6. The van der Waals surface area contributed by atoms with Crippen molar-refractivity contribution in [2.24, 2.45) is 56.7 Å². The quantitative estimate of drug-likeness (QED) is 0.280. The van der Waals surface area contributed by atoms with E-state index in [0.29, 0.717) is 30.0 Å². The van der Waals surface area contributed by atoms with E-state index >= 15 is 0 Å². The van der Waals surface area contributed by atoms with Crippen LogP contribution in [0.5, 0.6) is 0 Å². The lowest BCUT2D eigenvalue weighted by atomic mass is 9.32. The first-order valence-electron chi connectivity index (χ1n) is 16.7. The van der Waals surface area contributed by atoms with Crippen molar-refractivity contribution in [2.45, 2.75) is 118 Å². The third-order valence-electron chi connectivity index (χ3n) is 14.7. The fourth-order valence-electron chi connectivity index (χ4n) is 12.2. The van der Waals surface area contributed by atoms with Crippen LogP contribution in [0, 0.1) is 56.7 Å². The van der Waals surface area contributed by atoms with Crippen LogP contribution in [-0.2, 0) is 28.7 Å². The first-order chi connectivity index (χ1) is 20.0. The topological polar surface area (TPSA) is 98.8 Å². The van der Waals surface area contributed by atoms with E-state index in [-0.39, 0.29) is 45.8 Å². The summed E-state index contributed by atoms with van der Waals surface area (Å²) >= 11 is 0. The van der Waals surface area contributed by atoms with Crippen LogP contribution in [0.1, 0.15) is 112 Å². The molecule has 0 spiro atoms. The molecule has 1 amide bonds. The van der Waals surface area contributed by atoms with E-state index in [2.05, 4.69) is 53.4 Å². The van der Waals surface area contributed by atoms with Gasteiger partial charge >= 0.3 is 11.9 Å². The molecule has 7 nitrogen and oxygen atoms in total. The van der Waals surface area contributed by atoms with Crippen LogP contribution >= 0.6 is 0 Å². The lowest BCUT2D eigenvalue weighted by Gasteiger charge is -2.72. The molecule has 0 aromatic heterocycles. The van der Waals surface area contributed by atoms with Crippen molar-refractivity contribution < 1.29 is 28.7 Å². The Kier molecular flexibility index (Phi) is 8.03. The molecule has 240 valence electrons. The van der Waals surface area contributed by atoms with Gasteiger partial charge in [0.25, 0.3) is 0 Å². The number of methoxy groups -OCH3 is 2. The second-order valence-electron chi connectivity index (χ2n) is 16.3. The van der Waals surface area contributed by atoms with Gasteiger partial charge in [0, 0.05) is 11.8 Å². The Hall–Kier alpha value is -2.18. The number of fused-ring (bicyclic) bond motifs is 7. The van der Waals surface area contributed by atoms with E-state index in [1.165, 1.54) is 14.2 Å². The Bertz CT molecular complexity index is 1210. The Morgan fingerprint density at radius 1 is 0.884 bits per heavy atom. The molecule has 5 aliphatic carbocycles. The molecule has 5 aliphatic rings. The number of ketones is 1. The molecule has 0 aromatic rings. The summed E-state index contributed by atoms with van der Waals surface area (Å²) in [5, 5.41) is 2.98. The van der Waals surface area contributed by atoms with Gasteiger partial charge in [0.2, 0.25) is 5.91 Å². The maximum atomic E-state index is 14.4. The fourth-order valence-corrected chi connectivity index (χ4v) is 12.2. The maximum absolute atomic E-state index is 14.4. The molecule has 0 aliphatic heterocycles. The van der Waals surface area contributed by atoms with Gasteiger partial charge < -0.3 is 14.8 Å². The van der Waals surface area contributed by atoms with Gasteiger partial charge in [-0.15, -0.1) is 0 Å². The predicted octanol–water partition coefficient (Wildman–Crippen LogP) is 6.43. The zero-order valence-corrected chi connectivity index (χ0v) is 27.9. The van der Waals surface area contributed by atoms with Crippen LogP contribution in [0.25, 0.3) is 0 Å². The Balaban J connectivity index is 1.50. The standard InChI is InChI=1S/C36H55NO6/c1-21(2)22-12-17-36(31(41)37-24(30(40)43-9)20-28(39)42-8)19-18-34(6)23(29(22)36)10-11-26-33(5)15-14-27(38)32(3,4)25(33)13-16-35(26,34)7/h22-26,29H,1,10-20H2,2-9H3,(H,37,41)/t22-,23?,24?,25-,26?,29?,33-,34+,35+,36-/m0/s1. The van der Waals surface area contributed by atoms with E-state index in [1.54, 1.807) is 0 Å². The molecule has 43 heavy (non-hydrogen) atoms. The van der Waals surface area contributed by atoms with Crippen LogP contribution < -0.4 is 5.32 Å². The van der Waals surface area contributed by atoms with Crippen molar-refractivity contribution in [3.8, 4) is 0 Å². The summed E-state index contributed by atoms with van der Waals surface area (Å²) in [6, 6.07) is -1.07. The van der Waals surface area contributed by atoms with Gasteiger partial charge in [0.1, 0.15) is 11.8 Å². The molecule has 5 fully saturated rings. The van der Waals surface area contributed by atoms with Gasteiger partial charge in [-0.1, -0.05) is 46.8 Å². The largest absolute Gasteiger partial charge is 0.469 e. The third-order valence-corrected chi connectivity index (χ3v) is 14.7. The van der Waals surface area contributed by atoms with E-state index in [1.807, 2.05) is 0 Å². The van der Waals surface area contributed by atoms with Gasteiger partial charge in [0.15, 0.2) is 0 Å². The lowest BCUT2D eigenvalue weighted by Crippen LogP contribution is -2.67. The van der Waals surface area contributed by atoms with Gasteiger partial charge in [-0.2, -0.15) is 0 Å². The number of amides is 1. The number of carbonyl (C=O) groups excluding carboxylic acids is 4.